The van der Waals surface area contributed by atoms with Gasteiger partial charge in [0.2, 0.25) is 0 Å². The Bertz CT molecular complexity index is 234. The Morgan fingerprint density at radius 3 is 2.76 bits per heavy atom. The number of nitrogens with one attached hydrogen (secondary N) is 1. The minimum Gasteiger partial charge on any atom is -0.377 e. The van der Waals surface area contributed by atoms with Crippen molar-refractivity contribution >= 4 is 0 Å². The maximum Gasteiger partial charge on any atom is 0.0703 e. The first-order valence-electron chi connectivity index (χ1n) is 7.16. The maximum absolute atomic E-state index is 5.79. The predicted octanol–water partition coefficient (Wildman–Crippen LogP) is 1.88. The molecular formula is C14H28N2O. The predicted molar refractivity (Wildman–Crippen MR) is 71.3 cm³/mol. The summed E-state index contributed by atoms with van der Waals surface area (Å²) in [5, 5.41) is 3.35. The van der Waals surface area contributed by atoms with Crippen LogP contribution in [0.4, 0.5) is 0 Å². The fourth-order valence-corrected chi connectivity index (χ4v) is 3.39. The molecule has 2 unspecified atom stereocenters. The van der Waals surface area contributed by atoms with Gasteiger partial charge in [0.25, 0.3) is 0 Å². The van der Waals surface area contributed by atoms with E-state index in [-0.39, 0.29) is 0 Å². The van der Waals surface area contributed by atoms with Crippen molar-refractivity contribution in [1.82, 2.24) is 10.2 Å². The Balaban J connectivity index is 1.94. The summed E-state index contributed by atoms with van der Waals surface area (Å²) in [5.41, 5.74) is 0.313. The highest BCUT2D eigenvalue weighted by atomic mass is 16.5. The van der Waals surface area contributed by atoms with Crippen molar-refractivity contribution in [2.24, 2.45) is 5.92 Å². The molecule has 100 valence electrons. The topological polar surface area (TPSA) is 24.5 Å². The van der Waals surface area contributed by atoms with E-state index >= 15 is 0 Å². The largest absolute Gasteiger partial charge is 0.377 e. The van der Waals surface area contributed by atoms with Crippen LogP contribution in [-0.4, -0.2) is 49.8 Å². The van der Waals surface area contributed by atoms with Gasteiger partial charge in [-0.1, -0.05) is 0 Å². The van der Waals surface area contributed by atoms with Crippen molar-refractivity contribution in [2.45, 2.75) is 51.2 Å². The highest BCUT2D eigenvalue weighted by molar-refractivity contribution is 4.94. The van der Waals surface area contributed by atoms with E-state index in [1.165, 1.54) is 32.2 Å². The molecule has 0 saturated carbocycles. The first kappa shape index (κ1) is 13.3. The molecule has 0 bridgehead atoms. The van der Waals surface area contributed by atoms with Crippen molar-refractivity contribution in [3.63, 3.8) is 0 Å². The average Bonchev–Trinajstić information content (AvgIpc) is 2.77. The molecule has 2 heterocycles. The number of rotatable bonds is 4. The zero-order chi connectivity index (χ0) is 12.3. The fourth-order valence-electron chi connectivity index (χ4n) is 3.39. The number of likely N-dealkylation sites (tertiary alicyclic amines) is 1. The molecule has 1 N–H and O–H groups in total. The van der Waals surface area contributed by atoms with E-state index in [1.54, 1.807) is 0 Å². The molecule has 2 aliphatic heterocycles. The third kappa shape index (κ3) is 3.01. The number of hydrogen-bond acceptors (Lipinski definition) is 3. The van der Waals surface area contributed by atoms with E-state index < -0.39 is 0 Å². The monoisotopic (exact) mass is 240 g/mol. The van der Waals surface area contributed by atoms with Gasteiger partial charge in [-0.05, 0) is 65.6 Å². The van der Waals surface area contributed by atoms with Gasteiger partial charge in [-0.3, -0.25) is 4.90 Å². The van der Waals surface area contributed by atoms with Gasteiger partial charge in [0, 0.05) is 18.7 Å². The fraction of sp³-hybridized carbons (Fsp3) is 1.00. The summed E-state index contributed by atoms with van der Waals surface area (Å²) < 4.78 is 5.79. The highest BCUT2D eigenvalue weighted by Crippen LogP contribution is 2.33. The second-order valence-electron chi connectivity index (χ2n) is 6.13. The summed E-state index contributed by atoms with van der Waals surface area (Å²) in [5.74, 6) is 0.766. The smallest absolute Gasteiger partial charge is 0.0703 e. The Labute approximate surface area is 106 Å². The van der Waals surface area contributed by atoms with Gasteiger partial charge in [-0.15, -0.1) is 0 Å². The first-order chi connectivity index (χ1) is 8.14. The molecule has 0 aromatic carbocycles. The molecule has 2 fully saturated rings. The van der Waals surface area contributed by atoms with E-state index in [0.717, 1.165) is 25.6 Å². The van der Waals surface area contributed by atoms with Crippen molar-refractivity contribution < 1.29 is 4.74 Å². The van der Waals surface area contributed by atoms with Crippen molar-refractivity contribution in [3.8, 4) is 0 Å². The molecule has 0 amide bonds. The Kier molecular flexibility index (Phi) is 4.45. The standard InChI is InChI=1S/C14H28N2O/c1-14(2)12(10-15-3)6-4-8-16(14)11-13-7-5-9-17-13/h12-13,15H,4-11H2,1-3H3. The molecule has 0 aromatic heterocycles. The van der Waals surface area contributed by atoms with Crippen LogP contribution in [0.3, 0.4) is 0 Å². The van der Waals surface area contributed by atoms with Crippen molar-refractivity contribution in [2.75, 3.05) is 33.3 Å². The Morgan fingerprint density at radius 2 is 2.12 bits per heavy atom. The van der Waals surface area contributed by atoms with Crippen LogP contribution in [0.15, 0.2) is 0 Å². The van der Waals surface area contributed by atoms with Crippen LogP contribution in [0.5, 0.6) is 0 Å². The lowest BCUT2D eigenvalue weighted by Gasteiger charge is -2.49. The summed E-state index contributed by atoms with van der Waals surface area (Å²) >= 11 is 0. The molecule has 0 aromatic rings. The van der Waals surface area contributed by atoms with E-state index in [2.05, 4.69) is 31.1 Å². The lowest BCUT2D eigenvalue weighted by molar-refractivity contribution is -0.0176. The van der Waals surface area contributed by atoms with Gasteiger partial charge in [0.05, 0.1) is 6.10 Å². The molecule has 0 aliphatic carbocycles. The van der Waals surface area contributed by atoms with Crippen molar-refractivity contribution in [1.29, 1.82) is 0 Å². The molecule has 3 heteroatoms. The molecule has 2 atom stereocenters. The Hall–Kier alpha value is -0.120. The first-order valence-corrected chi connectivity index (χ1v) is 7.16. The molecule has 2 rings (SSSR count). The van der Waals surface area contributed by atoms with Crippen LogP contribution in [0.2, 0.25) is 0 Å². The van der Waals surface area contributed by atoms with E-state index in [4.69, 9.17) is 4.74 Å². The van der Waals surface area contributed by atoms with E-state index in [9.17, 15) is 0 Å². The highest BCUT2D eigenvalue weighted by Gasteiger charge is 2.39. The number of ether oxygens (including phenoxy) is 1. The van der Waals surface area contributed by atoms with Crippen LogP contribution >= 0.6 is 0 Å². The minimum atomic E-state index is 0.313. The lowest BCUT2D eigenvalue weighted by atomic mass is 9.78. The summed E-state index contributed by atoms with van der Waals surface area (Å²) in [6.45, 7) is 9.29. The molecule has 0 spiro atoms. The summed E-state index contributed by atoms with van der Waals surface area (Å²) in [4.78, 5) is 2.66. The average molecular weight is 240 g/mol. The van der Waals surface area contributed by atoms with E-state index in [1.807, 2.05) is 0 Å². The number of nitrogens with zero attached hydrogens (tertiary/aromatic N) is 1. The van der Waals surface area contributed by atoms with E-state index in [0.29, 0.717) is 11.6 Å². The zero-order valence-electron chi connectivity index (χ0n) is 11.7. The van der Waals surface area contributed by atoms with Crippen LogP contribution in [0.25, 0.3) is 0 Å². The SMILES string of the molecule is CNCC1CCCN(CC2CCCO2)C1(C)C. The number of hydrogen-bond donors (Lipinski definition) is 1. The van der Waals surface area contributed by atoms with Gasteiger partial charge in [-0.2, -0.15) is 0 Å². The third-order valence-corrected chi connectivity index (χ3v) is 4.69. The van der Waals surface area contributed by atoms with Crippen LogP contribution in [0.1, 0.15) is 39.5 Å². The second-order valence-corrected chi connectivity index (χ2v) is 6.13. The lowest BCUT2D eigenvalue weighted by Crippen LogP contribution is -2.57. The normalized spacial score (nSPS) is 34.1. The third-order valence-electron chi connectivity index (χ3n) is 4.69. The molecule has 0 radical (unpaired) electrons. The summed E-state index contributed by atoms with van der Waals surface area (Å²) in [6, 6.07) is 0. The van der Waals surface area contributed by atoms with Gasteiger partial charge < -0.3 is 10.1 Å². The van der Waals surface area contributed by atoms with Gasteiger partial charge in [0.1, 0.15) is 0 Å². The molecule has 2 aliphatic rings. The van der Waals surface area contributed by atoms with Gasteiger partial charge in [0.15, 0.2) is 0 Å². The number of piperidine rings is 1. The van der Waals surface area contributed by atoms with Gasteiger partial charge in [-0.25, -0.2) is 0 Å². The Morgan fingerprint density at radius 1 is 1.29 bits per heavy atom. The van der Waals surface area contributed by atoms with Crippen LogP contribution < -0.4 is 5.32 Å². The summed E-state index contributed by atoms with van der Waals surface area (Å²) in [7, 11) is 2.06. The van der Waals surface area contributed by atoms with Crippen LogP contribution in [0, 0.1) is 5.92 Å². The van der Waals surface area contributed by atoms with Crippen molar-refractivity contribution in [3.05, 3.63) is 0 Å². The molecular weight excluding hydrogens is 212 g/mol. The molecule has 2 saturated heterocycles. The summed E-state index contributed by atoms with van der Waals surface area (Å²) in [6.07, 6.45) is 5.68. The zero-order valence-corrected chi connectivity index (χ0v) is 11.7. The molecule has 3 nitrogen and oxygen atoms in total. The second kappa shape index (κ2) is 5.68. The molecule has 17 heavy (non-hydrogen) atoms. The quantitative estimate of drug-likeness (QED) is 0.812. The maximum atomic E-state index is 5.79. The minimum absolute atomic E-state index is 0.313. The van der Waals surface area contributed by atoms with Gasteiger partial charge >= 0.3 is 0 Å². The van der Waals surface area contributed by atoms with Crippen LogP contribution in [-0.2, 0) is 4.74 Å².